The fourth-order valence-corrected chi connectivity index (χ4v) is 0.747. The zero-order valence-electron chi connectivity index (χ0n) is 7.12. The summed E-state index contributed by atoms with van der Waals surface area (Å²) in [6, 6.07) is 1.75. The summed E-state index contributed by atoms with van der Waals surface area (Å²) in [7, 11) is 0. The van der Waals surface area contributed by atoms with Crippen LogP contribution in [0, 0.1) is 0 Å². The number of aromatic nitrogens is 1. The standard InChI is InChI=1S/C7H5F3N2O3/c8-7(9,10)15-4-1-2-12-5(3-4)14-6(11)13/h1-3H,(H2,11,13). The summed E-state index contributed by atoms with van der Waals surface area (Å²) in [4.78, 5) is 13.7. The van der Waals surface area contributed by atoms with Gasteiger partial charge in [0.1, 0.15) is 5.75 Å². The monoisotopic (exact) mass is 222 g/mol. The van der Waals surface area contributed by atoms with Crippen LogP contribution in [0.2, 0.25) is 0 Å². The van der Waals surface area contributed by atoms with Crippen molar-refractivity contribution in [2.75, 3.05) is 0 Å². The number of nitrogens with zero attached hydrogens (tertiary/aromatic N) is 1. The molecule has 82 valence electrons. The second-order valence-corrected chi connectivity index (χ2v) is 2.30. The number of carbonyl (C=O) groups excluding carboxylic acids is 1. The molecule has 1 aromatic heterocycles. The number of hydrogen-bond donors (Lipinski definition) is 1. The van der Waals surface area contributed by atoms with E-state index >= 15 is 0 Å². The molecule has 0 saturated heterocycles. The molecule has 8 heteroatoms. The number of nitrogens with two attached hydrogens (primary N) is 1. The van der Waals surface area contributed by atoms with Crippen molar-refractivity contribution in [2.24, 2.45) is 5.73 Å². The fraction of sp³-hybridized carbons (Fsp3) is 0.143. The van der Waals surface area contributed by atoms with Crippen molar-refractivity contribution in [3.8, 4) is 11.6 Å². The first kappa shape index (κ1) is 11.1. The van der Waals surface area contributed by atoms with Crippen LogP contribution in [0.5, 0.6) is 11.6 Å². The lowest BCUT2D eigenvalue weighted by atomic mass is 10.4. The average molecular weight is 222 g/mol. The van der Waals surface area contributed by atoms with Crippen LogP contribution in [0.3, 0.4) is 0 Å². The van der Waals surface area contributed by atoms with E-state index in [-0.39, 0.29) is 5.88 Å². The highest BCUT2D eigenvalue weighted by Gasteiger charge is 2.31. The molecule has 0 saturated carbocycles. The molecule has 0 radical (unpaired) electrons. The number of primary amides is 1. The van der Waals surface area contributed by atoms with E-state index in [2.05, 4.69) is 20.2 Å². The van der Waals surface area contributed by atoms with Crippen molar-refractivity contribution in [1.82, 2.24) is 4.98 Å². The van der Waals surface area contributed by atoms with Crippen molar-refractivity contribution >= 4 is 6.09 Å². The lowest BCUT2D eigenvalue weighted by Gasteiger charge is -2.08. The quantitative estimate of drug-likeness (QED) is 0.821. The van der Waals surface area contributed by atoms with Crippen LogP contribution in [0.15, 0.2) is 18.3 Å². The summed E-state index contributed by atoms with van der Waals surface area (Å²) in [5.41, 5.74) is 4.64. The van der Waals surface area contributed by atoms with Gasteiger partial charge in [-0.15, -0.1) is 13.2 Å². The molecule has 0 aliphatic carbocycles. The van der Waals surface area contributed by atoms with Gasteiger partial charge in [-0.1, -0.05) is 0 Å². The molecule has 0 fully saturated rings. The van der Waals surface area contributed by atoms with Gasteiger partial charge in [-0.25, -0.2) is 9.78 Å². The van der Waals surface area contributed by atoms with Gasteiger partial charge in [0.15, 0.2) is 0 Å². The van der Waals surface area contributed by atoms with E-state index in [1.807, 2.05) is 0 Å². The van der Waals surface area contributed by atoms with Crippen molar-refractivity contribution in [3.05, 3.63) is 18.3 Å². The van der Waals surface area contributed by atoms with E-state index in [0.717, 1.165) is 18.3 Å². The number of alkyl halides is 3. The second kappa shape index (κ2) is 4.03. The predicted octanol–water partition coefficient (Wildman–Crippen LogP) is 1.44. The van der Waals surface area contributed by atoms with Crippen molar-refractivity contribution < 1.29 is 27.4 Å². The largest absolute Gasteiger partial charge is 0.573 e. The summed E-state index contributed by atoms with van der Waals surface area (Å²) in [6.45, 7) is 0. The zero-order valence-corrected chi connectivity index (χ0v) is 7.12. The maximum Gasteiger partial charge on any atom is 0.573 e. The summed E-state index contributed by atoms with van der Waals surface area (Å²) in [6.07, 6.45) is -5.00. The maximum absolute atomic E-state index is 11.8. The van der Waals surface area contributed by atoms with E-state index < -0.39 is 18.2 Å². The van der Waals surface area contributed by atoms with E-state index in [0.29, 0.717) is 0 Å². The Labute approximate surface area is 81.6 Å². The second-order valence-electron chi connectivity index (χ2n) is 2.30. The van der Waals surface area contributed by atoms with Gasteiger partial charge in [0.05, 0.1) is 0 Å². The Morgan fingerprint density at radius 1 is 1.47 bits per heavy atom. The number of pyridine rings is 1. The molecule has 0 aliphatic heterocycles. The topological polar surface area (TPSA) is 74.4 Å². The number of hydrogen-bond acceptors (Lipinski definition) is 4. The van der Waals surface area contributed by atoms with Crippen LogP contribution < -0.4 is 15.2 Å². The van der Waals surface area contributed by atoms with Crippen molar-refractivity contribution in [3.63, 3.8) is 0 Å². The summed E-state index contributed by atoms with van der Waals surface area (Å²) < 4.78 is 43.1. The van der Waals surface area contributed by atoms with Gasteiger partial charge in [-0.05, 0) is 6.07 Å². The Kier molecular flexibility index (Phi) is 2.98. The van der Waals surface area contributed by atoms with Crippen LogP contribution in [0.25, 0.3) is 0 Å². The minimum absolute atomic E-state index is 0.371. The molecule has 1 heterocycles. The molecule has 2 N–H and O–H groups in total. The summed E-state index contributed by atoms with van der Waals surface area (Å²) in [5, 5.41) is 0. The van der Waals surface area contributed by atoms with E-state index in [1.165, 1.54) is 0 Å². The Bertz CT molecular complexity index is 367. The number of amides is 1. The van der Waals surface area contributed by atoms with Crippen LogP contribution in [-0.2, 0) is 0 Å². The highest BCUT2D eigenvalue weighted by atomic mass is 19.4. The van der Waals surface area contributed by atoms with Crippen LogP contribution in [0.4, 0.5) is 18.0 Å². The lowest BCUT2D eigenvalue weighted by molar-refractivity contribution is -0.274. The van der Waals surface area contributed by atoms with Crippen LogP contribution in [-0.4, -0.2) is 17.4 Å². The van der Waals surface area contributed by atoms with E-state index in [4.69, 9.17) is 0 Å². The molecule has 1 amide bonds. The third-order valence-electron chi connectivity index (χ3n) is 1.15. The minimum atomic E-state index is -4.81. The molecular weight excluding hydrogens is 217 g/mol. The molecule has 0 aliphatic rings. The SMILES string of the molecule is NC(=O)Oc1cc(OC(F)(F)F)ccn1. The number of rotatable bonds is 2. The molecular formula is C7H5F3N2O3. The van der Waals surface area contributed by atoms with Crippen LogP contribution in [0.1, 0.15) is 0 Å². The predicted molar refractivity (Wildman–Crippen MR) is 41.1 cm³/mol. The van der Waals surface area contributed by atoms with Gasteiger partial charge in [-0.3, -0.25) is 0 Å². The third kappa shape index (κ3) is 4.16. The number of carbonyl (C=O) groups is 1. The normalized spacial score (nSPS) is 10.9. The first-order valence-corrected chi connectivity index (χ1v) is 3.56. The highest BCUT2D eigenvalue weighted by molar-refractivity contribution is 5.67. The first-order chi connectivity index (χ1) is 6.87. The molecule has 0 spiro atoms. The molecule has 1 aromatic rings. The van der Waals surface area contributed by atoms with Gasteiger partial charge in [-0.2, -0.15) is 0 Å². The molecule has 5 nitrogen and oxygen atoms in total. The molecule has 1 rings (SSSR count). The van der Waals surface area contributed by atoms with Crippen molar-refractivity contribution in [1.29, 1.82) is 0 Å². The average Bonchev–Trinajstić information content (AvgIpc) is 1.99. The van der Waals surface area contributed by atoms with Crippen LogP contribution >= 0.6 is 0 Å². The Hall–Kier alpha value is -1.99. The number of halogens is 3. The minimum Gasteiger partial charge on any atom is -0.406 e. The van der Waals surface area contributed by atoms with E-state index in [1.54, 1.807) is 0 Å². The van der Waals surface area contributed by atoms with Gasteiger partial charge in [0.2, 0.25) is 5.88 Å². The van der Waals surface area contributed by atoms with Gasteiger partial charge in [0.25, 0.3) is 0 Å². The maximum atomic E-state index is 11.8. The summed E-state index contributed by atoms with van der Waals surface area (Å²) in [5.74, 6) is -0.919. The molecule has 0 bridgehead atoms. The van der Waals surface area contributed by atoms with Gasteiger partial charge in [0, 0.05) is 12.3 Å². The Balaban J connectivity index is 2.79. The molecule has 0 atom stereocenters. The van der Waals surface area contributed by atoms with Crippen molar-refractivity contribution in [2.45, 2.75) is 6.36 Å². The first-order valence-electron chi connectivity index (χ1n) is 3.56. The van der Waals surface area contributed by atoms with E-state index in [9.17, 15) is 18.0 Å². The van der Waals surface area contributed by atoms with Gasteiger partial charge < -0.3 is 15.2 Å². The Morgan fingerprint density at radius 3 is 2.67 bits per heavy atom. The van der Waals surface area contributed by atoms with Gasteiger partial charge >= 0.3 is 12.5 Å². The number of ether oxygens (including phenoxy) is 2. The zero-order chi connectivity index (χ0) is 11.5. The third-order valence-corrected chi connectivity index (χ3v) is 1.15. The smallest absolute Gasteiger partial charge is 0.406 e. The fourth-order valence-electron chi connectivity index (χ4n) is 0.747. The Morgan fingerprint density at radius 2 is 2.13 bits per heavy atom. The lowest BCUT2D eigenvalue weighted by Crippen LogP contribution is -2.18. The highest BCUT2D eigenvalue weighted by Crippen LogP contribution is 2.24. The summed E-state index contributed by atoms with van der Waals surface area (Å²) >= 11 is 0. The molecule has 15 heavy (non-hydrogen) atoms. The molecule has 0 unspecified atom stereocenters. The molecule has 0 aromatic carbocycles.